The zero-order valence-corrected chi connectivity index (χ0v) is 24.1. The summed E-state index contributed by atoms with van der Waals surface area (Å²) in [5.41, 5.74) is 4.52. The van der Waals surface area contributed by atoms with Crippen LogP contribution in [0.15, 0.2) is 78.9 Å². The molecule has 2 heterocycles. The maximum absolute atomic E-state index is 12.9. The van der Waals surface area contributed by atoms with Crippen molar-refractivity contribution in [2.24, 2.45) is 0 Å². The van der Waals surface area contributed by atoms with Gasteiger partial charge in [0, 0.05) is 60.6 Å². The van der Waals surface area contributed by atoms with Crippen LogP contribution < -0.4 is 19.3 Å². The summed E-state index contributed by atoms with van der Waals surface area (Å²) in [4.78, 5) is 17.4. The lowest BCUT2D eigenvalue weighted by Gasteiger charge is -2.37. The average molecular weight is 549 g/mol. The minimum atomic E-state index is -0.921. The number of carbonyl (C=O) groups is 1. The van der Waals surface area contributed by atoms with Crippen molar-refractivity contribution in [2.45, 2.75) is 24.9 Å². The predicted molar refractivity (Wildman–Crippen MR) is 166 cm³/mol. The van der Waals surface area contributed by atoms with Gasteiger partial charge in [-0.05, 0) is 79.3 Å². The highest BCUT2D eigenvalue weighted by Gasteiger charge is 2.39. The molecule has 0 amide bonds. The number of esters is 1. The molecule has 210 valence electrons. The van der Waals surface area contributed by atoms with E-state index in [-0.39, 0.29) is 0 Å². The van der Waals surface area contributed by atoms with Crippen molar-refractivity contribution in [3.63, 3.8) is 0 Å². The van der Waals surface area contributed by atoms with E-state index in [0.29, 0.717) is 16.9 Å². The van der Waals surface area contributed by atoms with Crippen molar-refractivity contribution in [1.82, 2.24) is 0 Å². The molecular formula is C35H36N2O4. The van der Waals surface area contributed by atoms with Crippen molar-refractivity contribution in [3.8, 4) is 11.5 Å². The van der Waals surface area contributed by atoms with Crippen molar-refractivity contribution in [2.75, 3.05) is 51.2 Å². The van der Waals surface area contributed by atoms with Gasteiger partial charge >= 0.3 is 5.97 Å². The summed E-state index contributed by atoms with van der Waals surface area (Å²) in [7, 11) is 7.11. The van der Waals surface area contributed by atoms with Crippen LogP contribution in [0.4, 0.5) is 11.4 Å². The number of ether oxygens (including phenoxy) is 3. The molecule has 1 unspecified atom stereocenters. The molecule has 6 heteroatoms. The molecular weight excluding hydrogens is 512 g/mol. The Morgan fingerprint density at radius 1 is 0.878 bits per heavy atom. The lowest BCUT2D eigenvalue weighted by molar-refractivity contribution is 0.0599. The number of hydrogen-bond donors (Lipinski definition) is 0. The molecule has 0 N–H and O–H groups in total. The van der Waals surface area contributed by atoms with E-state index < -0.39 is 11.6 Å². The zero-order chi connectivity index (χ0) is 28.6. The quantitative estimate of drug-likeness (QED) is 0.241. The second kappa shape index (κ2) is 10.8. The highest BCUT2D eigenvalue weighted by atomic mass is 16.5. The molecule has 2 aliphatic rings. The first-order valence-corrected chi connectivity index (χ1v) is 14.2. The Bertz CT molecular complexity index is 1600. The van der Waals surface area contributed by atoms with Gasteiger partial charge < -0.3 is 24.0 Å². The minimum Gasteiger partial charge on any atom is -0.497 e. The molecule has 6 rings (SSSR count). The minimum absolute atomic E-state index is 0.393. The SMILES string of the molecule is COC(=O)c1cc2ccc(N(C)C)cc2c2c1C=CC(c1ccc(OC)cc1)(c1ccc(N3CCCCC3)cc1)O2. The van der Waals surface area contributed by atoms with Crippen LogP contribution in [0.3, 0.4) is 0 Å². The Morgan fingerprint density at radius 2 is 1.56 bits per heavy atom. The summed E-state index contributed by atoms with van der Waals surface area (Å²) in [6.45, 7) is 2.17. The number of fused-ring (bicyclic) bond motifs is 3. The Morgan fingerprint density at radius 3 is 2.20 bits per heavy atom. The molecule has 0 aliphatic carbocycles. The number of benzene rings is 4. The third-order valence-electron chi connectivity index (χ3n) is 8.32. The van der Waals surface area contributed by atoms with Gasteiger partial charge in [0.05, 0.1) is 19.8 Å². The molecule has 4 aromatic carbocycles. The molecule has 6 nitrogen and oxygen atoms in total. The van der Waals surface area contributed by atoms with Crippen LogP contribution in [-0.2, 0) is 10.3 Å². The monoisotopic (exact) mass is 548 g/mol. The molecule has 41 heavy (non-hydrogen) atoms. The second-order valence-corrected chi connectivity index (χ2v) is 11.0. The number of anilines is 2. The van der Waals surface area contributed by atoms with Crippen LogP contribution in [0.25, 0.3) is 16.8 Å². The van der Waals surface area contributed by atoms with Gasteiger partial charge in [-0.3, -0.25) is 0 Å². The first-order valence-electron chi connectivity index (χ1n) is 14.2. The fraction of sp³-hybridized carbons (Fsp3) is 0.286. The van der Waals surface area contributed by atoms with Crippen LogP contribution in [0, 0.1) is 0 Å². The highest BCUT2D eigenvalue weighted by molar-refractivity contribution is 6.04. The molecule has 1 saturated heterocycles. The Balaban J connectivity index is 1.55. The van der Waals surface area contributed by atoms with Crippen molar-refractivity contribution in [1.29, 1.82) is 0 Å². The Hall–Kier alpha value is -4.45. The number of piperidine rings is 1. The number of hydrogen-bond acceptors (Lipinski definition) is 6. The predicted octanol–water partition coefficient (Wildman–Crippen LogP) is 7.04. The standard InChI is InChI=1S/C35H36N2O4/c1-36(2)28-13-8-24-22-32(34(38)40-4)30-18-19-35(41-33(30)31(24)23-28,26-11-16-29(39-3)17-12-26)25-9-14-27(15-10-25)37-20-6-5-7-21-37/h8-19,22-23H,5-7,20-21H2,1-4H3. The maximum Gasteiger partial charge on any atom is 0.338 e. The van der Waals surface area contributed by atoms with Gasteiger partial charge in [0.2, 0.25) is 0 Å². The Kier molecular flexibility index (Phi) is 7.08. The summed E-state index contributed by atoms with van der Waals surface area (Å²) in [5, 5.41) is 1.85. The van der Waals surface area contributed by atoms with Crippen molar-refractivity contribution >= 4 is 34.2 Å². The number of nitrogens with zero attached hydrogens (tertiary/aromatic N) is 2. The average Bonchev–Trinajstić information content (AvgIpc) is 3.04. The third kappa shape index (κ3) is 4.77. The van der Waals surface area contributed by atoms with Crippen molar-refractivity contribution in [3.05, 3.63) is 101 Å². The van der Waals surface area contributed by atoms with Crippen molar-refractivity contribution < 1.29 is 19.0 Å². The summed E-state index contributed by atoms with van der Waals surface area (Å²) in [6, 6.07) is 24.8. The van der Waals surface area contributed by atoms with Crippen LogP contribution in [0.5, 0.6) is 11.5 Å². The van der Waals surface area contributed by atoms with Crippen LogP contribution >= 0.6 is 0 Å². The first-order chi connectivity index (χ1) is 19.9. The van der Waals surface area contributed by atoms with E-state index in [4.69, 9.17) is 14.2 Å². The molecule has 2 aliphatic heterocycles. The largest absolute Gasteiger partial charge is 0.497 e. The second-order valence-electron chi connectivity index (χ2n) is 11.0. The zero-order valence-electron chi connectivity index (χ0n) is 24.1. The molecule has 0 radical (unpaired) electrons. The maximum atomic E-state index is 12.9. The molecule has 1 fully saturated rings. The van der Waals surface area contributed by atoms with Gasteiger partial charge in [0.1, 0.15) is 11.5 Å². The van der Waals surface area contributed by atoms with Gasteiger partial charge in [-0.1, -0.05) is 30.3 Å². The van der Waals surface area contributed by atoms with E-state index >= 15 is 0 Å². The number of carbonyl (C=O) groups excluding carboxylic acids is 1. The van der Waals surface area contributed by atoms with Crippen LogP contribution in [0.2, 0.25) is 0 Å². The fourth-order valence-electron chi connectivity index (χ4n) is 5.98. The van der Waals surface area contributed by atoms with E-state index in [9.17, 15) is 4.79 Å². The van der Waals surface area contributed by atoms with E-state index in [2.05, 4.69) is 46.2 Å². The fourth-order valence-corrected chi connectivity index (χ4v) is 5.98. The van der Waals surface area contributed by atoms with Crippen LogP contribution in [-0.4, -0.2) is 47.4 Å². The van der Waals surface area contributed by atoms with Gasteiger partial charge in [-0.2, -0.15) is 0 Å². The van der Waals surface area contributed by atoms with E-state index in [1.54, 1.807) is 7.11 Å². The van der Waals surface area contributed by atoms with E-state index in [1.165, 1.54) is 32.1 Å². The Labute approximate surface area is 241 Å². The highest BCUT2D eigenvalue weighted by Crippen LogP contribution is 2.47. The molecule has 4 aromatic rings. The van der Waals surface area contributed by atoms with Gasteiger partial charge in [0.25, 0.3) is 0 Å². The summed E-state index contributed by atoms with van der Waals surface area (Å²) in [6.07, 6.45) is 7.82. The number of rotatable bonds is 6. The molecule has 0 aromatic heterocycles. The van der Waals surface area contributed by atoms with Gasteiger partial charge in [0.15, 0.2) is 5.60 Å². The third-order valence-corrected chi connectivity index (χ3v) is 8.32. The van der Waals surface area contributed by atoms with Gasteiger partial charge in [-0.15, -0.1) is 0 Å². The smallest absolute Gasteiger partial charge is 0.338 e. The summed E-state index contributed by atoms with van der Waals surface area (Å²) >= 11 is 0. The van der Waals surface area contributed by atoms with E-state index in [0.717, 1.165) is 46.4 Å². The molecule has 0 saturated carbocycles. The lowest BCUT2D eigenvalue weighted by Crippen LogP contribution is -2.35. The van der Waals surface area contributed by atoms with E-state index in [1.807, 2.05) is 62.6 Å². The van der Waals surface area contributed by atoms with Gasteiger partial charge in [-0.25, -0.2) is 4.79 Å². The number of methoxy groups -OCH3 is 2. The van der Waals surface area contributed by atoms with Crippen LogP contribution in [0.1, 0.15) is 46.3 Å². The first kappa shape index (κ1) is 26.8. The summed E-state index contributed by atoms with van der Waals surface area (Å²) < 4.78 is 17.8. The summed E-state index contributed by atoms with van der Waals surface area (Å²) in [5.74, 6) is 1.04. The topological polar surface area (TPSA) is 51.2 Å². The molecule has 1 atom stereocenters. The normalized spacial score (nSPS) is 18.0. The molecule has 0 spiro atoms. The molecule has 0 bridgehead atoms. The lowest BCUT2D eigenvalue weighted by atomic mass is 9.82.